The number of hydrogen-bond donors (Lipinski definition) is 1. The first kappa shape index (κ1) is 23.8. The molecule has 1 unspecified atom stereocenters. The van der Waals surface area contributed by atoms with Gasteiger partial charge in [-0.2, -0.15) is 22.3 Å². The van der Waals surface area contributed by atoms with Crippen LogP contribution in [0, 0.1) is 32.4 Å². The van der Waals surface area contributed by atoms with Gasteiger partial charge in [-0.1, -0.05) is 23.8 Å². The zero-order valence-electron chi connectivity index (χ0n) is 15.5. The van der Waals surface area contributed by atoms with E-state index in [0.717, 1.165) is 46.4 Å². The Bertz CT molecular complexity index is 1000. The second kappa shape index (κ2) is 8.34. The van der Waals surface area contributed by atoms with E-state index >= 15 is 0 Å². The van der Waals surface area contributed by atoms with Crippen LogP contribution in [0.1, 0.15) is 16.7 Å². The Labute approximate surface area is 178 Å². The van der Waals surface area contributed by atoms with E-state index in [1.54, 1.807) is 11.6 Å². The van der Waals surface area contributed by atoms with Gasteiger partial charge >= 0.3 is 6.18 Å². The van der Waals surface area contributed by atoms with E-state index in [-0.39, 0.29) is 16.0 Å². The van der Waals surface area contributed by atoms with Crippen LogP contribution in [0.15, 0.2) is 35.2 Å². The molecule has 0 amide bonds. The van der Waals surface area contributed by atoms with Crippen molar-refractivity contribution >= 4 is 32.6 Å². The van der Waals surface area contributed by atoms with Gasteiger partial charge in [0.25, 0.3) is 0 Å². The van der Waals surface area contributed by atoms with Crippen molar-refractivity contribution < 1.29 is 35.1 Å². The van der Waals surface area contributed by atoms with E-state index in [0.29, 0.717) is 0 Å². The highest BCUT2D eigenvalue weighted by Gasteiger charge is 2.56. The molecule has 0 aliphatic heterocycles. The maximum atomic E-state index is 13.7. The molecule has 0 aromatic heterocycles. The molecule has 1 atom stereocenters. The maximum Gasteiger partial charge on any atom is 0.420 e. The highest BCUT2D eigenvalue weighted by molar-refractivity contribution is 14.1. The molecule has 2 aromatic rings. The molecule has 0 bridgehead atoms. The average Bonchev–Trinajstić information content (AvgIpc) is 2.53. The second-order valence-electron chi connectivity index (χ2n) is 6.47. The van der Waals surface area contributed by atoms with Crippen LogP contribution < -0.4 is 9.46 Å². The van der Waals surface area contributed by atoms with Crippen LogP contribution in [0.3, 0.4) is 0 Å². The normalized spacial score (nSPS) is 14.5. The van der Waals surface area contributed by atoms with Gasteiger partial charge in [0.1, 0.15) is 6.61 Å². The molecule has 1 N–H and O–H groups in total. The van der Waals surface area contributed by atoms with E-state index < -0.39 is 43.7 Å². The van der Waals surface area contributed by atoms with Gasteiger partial charge in [-0.15, -0.1) is 0 Å². The monoisotopic (exact) mass is 549 g/mol. The van der Waals surface area contributed by atoms with Crippen molar-refractivity contribution in [3.8, 4) is 5.75 Å². The van der Waals surface area contributed by atoms with Gasteiger partial charge in [0, 0.05) is 0 Å². The molecule has 0 heterocycles. The minimum absolute atomic E-state index is 0.271. The Balaban J connectivity index is 2.41. The Morgan fingerprint density at radius 2 is 1.62 bits per heavy atom. The third-order valence-electron chi connectivity index (χ3n) is 3.96. The van der Waals surface area contributed by atoms with Crippen molar-refractivity contribution in [1.29, 1.82) is 0 Å². The predicted octanol–water partition coefficient (Wildman–Crippen LogP) is 4.94. The van der Waals surface area contributed by atoms with Crippen LogP contribution in [0.4, 0.5) is 22.0 Å². The summed E-state index contributed by atoms with van der Waals surface area (Å²) >= 11 is 0.854. The topological polar surface area (TPSA) is 55.4 Å². The molecule has 0 fully saturated rings. The molecule has 0 aliphatic rings. The molecule has 0 saturated heterocycles. The predicted molar refractivity (Wildman–Crippen MR) is 106 cm³/mol. The summed E-state index contributed by atoms with van der Waals surface area (Å²) in [4.78, 5) is -0.287. The maximum absolute atomic E-state index is 13.7. The number of nitrogens with one attached hydrogen (secondary N) is 1. The minimum Gasteiger partial charge on any atom is -0.487 e. The Kier molecular flexibility index (Phi) is 6.85. The highest BCUT2D eigenvalue weighted by Crippen LogP contribution is 2.39. The number of aryl methyl sites for hydroxylation is 3. The lowest BCUT2D eigenvalue weighted by atomic mass is 10.1. The largest absolute Gasteiger partial charge is 0.487 e. The number of halogens is 6. The molecular formula is C18H17F5INO3S. The van der Waals surface area contributed by atoms with Gasteiger partial charge in [-0.25, -0.2) is 12.8 Å². The molecule has 11 heteroatoms. The number of benzene rings is 2. The van der Waals surface area contributed by atoms with Crippen LogP contribution in [0.5, 0.6) is 5.75 Å². The standard InChI is InChI=1S/C18H17F5INO3S/c1-10-7-11(2)16(12(3)8-10)29(26,27)25-17(24,18(21,22)23)9-28-14-6-4-5-13(19)15(14)20/h4-8,25H,9H2,1-3H3. The van der Waals surface area contributed by atoms with Gasteiger partial charge < -0.3 is 4.74 Å². The van der Waals surface area contributed by atoms with Crippen molar-refractivity contribution in [2.45, 2.75) is 35.4 Å². The molecule has 0 saturated carbocycles. The van der Waals surface area contributed by atoms with Gasteiger partial charge in [-0.05, 0) is 66.6 Å². The molecule has 2 aromatic carbocycles. The summed E-state index contributed by atoms with van der Waals surface area (Å²) in [6.45, 7) is 3.34. The van der Waals surface area contributed by atoms with Crippen molar-refractivity contribution in [2.75, 3.05) is 6.61 Å². The first-order valence-corrected chi connectivity index (χ1v) is 10.7. The molecular weight excluding hydrogens is 532 g/mol. The Morgan fingerprint density at radius 3 is 2.14 bits per heavy atom. The van der Waals surface area contributed by atoms with Crippen molar-refractivity contribution in [3.05, 3.63) is 58.7 Å². The quantitative estimate of drug-likeness (QED) is 0.241. The number of alkyl halides is 4. The van der Waals surface area contributed by atoms with Crippen LogP contribution >= 0.6 is 22.6 Å². The van der Waals surface area contributed by atoms with Gasteiger partial charge in [0.2, 0.25) is 19.4 Å². The molecule has 0 spiro atoms. The Hall–Kier alpha value is -1.47. The third-order valence-corrected chi connectivity index (χ3v) is 7.32. The molecule has 0 radical (unpaired) electrons. The summed E-state index contributed by atoms with van der Waals surface area (Å²) < 4.78 is 96.9. The van der Waals surface area contributed by atoms with Crippen molar-refractivity contribution in [2.24, 2.45) is 0 Å². The summed E-state index contributed by atoms with van der Waals surface area (Å²) in [6, 6.07) is 5.83. The number of ether oxygens (including phenoxy) is 1. The number of hydrogen-bond acceptors (Lipinski definition) is 3. The van der Waals surface area contributed by atoms with Gasteiger partial charge in [-0.3, -0.25) is 0 Å². The molecule has 29 heavy (non-hydrogen) atoms. The van der Waals surface area contributed by atoms with E-state index in [1.165, 1.54) is 26.0 Å². The van der Waals surface area contributed by atoms with Crippen molar-refractivity contribution in [3.63, 3.8) is 0 Å². The van der Waals surface area contributed by atoms with E-state index in [2.05, 4.69) is 0 Å². The number of rotatable bonds is 6. The third kappa shape index (κ3) is 5.18. The van der Waals surface area contributed by atoms with Crippen molar-refractivity contribution in [1.82, 2.24) is 4.72 Å². The number of sulfonamides is 1. The first-order chi connectivity index (χ1) is 13.2. The van der Waals surface area contributed by atoms with Gasteiger partial charge in [0.15, 0.2) is 11.6 Å². The summed E-state index contributed by atoms with van der Waals surface area (Å²) in [5.41, 5.74) is 1.29. The van der Waals surface area contributed by atoms with E-state index in [4.69, 9.17) is 4.74 Å². The summed E-state index contributed by atoms with van der Waals surface area (Å²) in [6.07, 6.45) is -5.10. The van der Waals surface area contributed by atoms with Crippen LogP contribution in [0.25, 0.3) is 0 Å². The van der Waals surface area contributed by atoms with E-state index in [9.17, 15) is 30.4 Å². The zero-order valence-corrected chi connectivity index (χ0v) is 18.5. The zero-order chi connectivity index (χ0) is 22.2. The fourth-order valence-electron chi connectivity index (χ4n) is 2.80. The summed E-state index contributed by atoms with van der Waals surface area (Å²) in [7, 11) is -4.63. The molecule has 160 valence electrons. The van der Waals surface area contributed by atoms with Crippen LogP contribution in [-0.2, 0) is 10.0 Å². The minimum atomic E-state index is -5.10. The first-order valence-electron chi connectivity index (χ1n) is 8.12. The molecule has 2 rings (SSSR count). The average molecular weight is 549 g/mol. The molecule has 4 nitrogen and oxygen atoms in total. The van der Waals surface area contributed by atoms with Gasteiger partial charge in [0.05, 0.1) is 4.90 Å². The smallest absolute Gasteiger partial charge is 0.420 e. The fourth-order valence-corrected chi connectivity index (χ4v) is 5.49. The SMILES string of the molecule is Cc1cc(C)c(S(=O)(=O)NC(I)(COc2cccc(F)c2F)C(F)(F)F)c(C)c1. The summed E-state index contributed by atoms with van der Waals surface area (Å²) in [5, 5.41) is 0. The lowest BCUT2D eigenvalue weighted by molar-refractivity contribution is -0.163. The van der Waals surface area contributed by atoms with Crippen LogP contribution in [-0.4, -0.2) is 24.7 Å². The van der Waals surface area contributed by atoms with Crippen LogP contribution in [0.2, 0.25) is 0 Å². The lowest BCUT2D eigenvalue weighted by Crippen LogP contribution is -2.57. The highest BCUT2D eigenvalue weighted by atomic mass is 127. The second-order valence-corrected chi connectivity index (χ2v) is 9.93. The summed E-state index contributed by atoms with van der Waals surface area (Å²) in [5.74, 6) is -3.54. The van der Waals surface area contributed by atoms with E-state index in [1.807, 2.05) is 0 Å². The molecule has 0 aliphatic carbocycles. The fraction of sp³-hybridized carbons (Fsp3) is 0.333. The Morgan fingerprint density at radius 1 is 1.07 bits per heavy atom. The lowest BCUT2D eigenvalue weighted by Gasteiger charge is -2.31.